The molecule has 0 spiro atoms. The predicted molar refractivity (Wildman–Crippen MR) is 119 cm³/mol. The summed E-state index contributed by atoms with van der Waals surface area (Å²) in [4.78, 5) is 16.9. The van der Waals surface area contributed by atoms with Crippen LogP contribution >= 0.6 is 22.9 Å². The molecule has 8 heteroatoms. The molecule has 150 valence electrons. The van der Waals surface area contributed by atoms with Gasteiger partial charge in [-0.2, -0.15) is 5.10 Å². The van der Waals surface area contributed by atoms with Crippen LogP contribution in [0.15, 0.2) is 59.0 Å². The molecule has 0 aliphatic carbocycles. The Morgan fingerprint density at radius 3 is 2.83 bits per heavy atom. The van der Waals surface area contributed by atoms with E-state index in [0.717, 1.165) is 11.3 Å². The summed E-state index contributed by atoms with van der Waals surface area (Å²) in [5.74, 6) is -0.375. The summed E-state index contributed by atoms with van der Waals surface area (Å²) in [5, 5.41) is 12.3. The summed E-state index contributed by atoms with van der Waals surface area (Å²) < 4.78 is 5.26. The lowest BCUT2D eigenvalue weighted by molar-refractivity contribution is 0.0510. The number of ether oxygens (including phenoxy) is 1. The number of nitrogens with zero attached hydrogens (tertiary/aromatic N) is 3. The third kappa shape index (κ3) is 5.41. The van der Waals surface area contributed by atoms with E-state index in [1.54, 1.807) is 37.5 Å². The zero-order chi connectivity index (χ0) is 20.6. The highest BCUT2D eigenvalue weighted by molar-refractivity contribution is 7.14. The lowest BCUT2D eigenvalue weighted by Gasteiger charge is -2.10. The summed E-state index contributed by atoms with van der Waals surface area (Å²) in [6.45, 7) is 0.910. The smallest absolute Gasteiger partial charge is 0.338 e. The fraction of sp³-hybridized carbons (Fsp3) is 0.190. The summed E-state index contributed by atoms with van der Waals surface area (Å²) >= 11 is 7.72. The molecule has 6 nitrogen and oxygen atoms in total. The van der Waals surface area contributed by atoms with Crippen molar-refractivity contribution in [3.8, 4) is 11.3 Å². The van der Waals surface area contributed by atoms with E-state index in [-0.39, 0.29) is 5.97 Å². The molecule has 0 aliphatic heterocycles. The number of carbonyl (C=O) groups excluding carboxylic acids is 1. The zero-order valence-electron chi connectivity index (χ0n) is 16.1. The molecular formula is C21H21ClN4O2S. The van der Waals surface area contributed by atoms with E-state index < -0.39 is 0 Å². The van der Waals surface area contributed by atoms with Crippen molar-refractivity contribution in [3.05, 3.63) is 70.1 Å². The Morgan fingerprint density at radius 2 is 2.03 bits per heavy atom. The number of likely N-dealkylation sites (N-methyl/N-ethyl adjacent to an activating group) is 1. The molecule has 0 amide bonds. The molecule has 3 rings (SSSR count). The molecule has 0 bridgehead atoms. The van der Waals surface area contributed by atoms with Gasteiger partial charge in [0.05, 0.1) is 17.5 Å². The zero-order valence-corrected chi connectivity index (χ0v) is 17.7. The van der Waals surface area contributed by atoms with Gasteiger partial charge in [0.1, 0.15) is 6.61 Å². The number of hydrogen-bond acceptors (Lipinski definition) is 7. The number of anilines is 1. The second-order valence-corrected chi connectivity index (χ2v) is 7.33. The number of carbonyl (C=O) groups is 1. The average molecular weight is 429 g/mol. The van der Waals surface area contributed by atoms with Crippen LogP contribution in [-0.2, 0) is 4.74 Å². The van der Waals surface area contributed by atoms with Crippen LogP contribution in [0.25, 0.3) is 11.3 Å². The normalized spacial score (nSPS) is 11.0. The van der Waals surface area contributed by atoms with Crippen molar-refractivity contribution in [2.24, 2.45) is 5.10 Å². The Labute approximate surface area is 178 Å². The molecule has 0 saturated carbocycles. The molecule has 2 aromatic carbocycles. The lowest BCUT2D eigenvalue weighted by Crippen LogP contribution is -2.18. The number of nitrogens with one attached hydrogen (secondary N) is 1. The minimum atomic E-state index is -0.375. The number of thiazole rings is 1. The maximum atomic E-state index is 12.3. The third-order valence-corrected chi connectivity index (χ3v) is 5.29. The molecule has 1 heterocycles. The fourth-order valence-electron chi connectivity index (χ4n) is 2.52. The minimum absolute atomic E-state index is 0.310. The number of aromatic nitrogens is 1. The second kappa shape index (κ2) is 10.2. The molecule has 0 atom stereocenters. The highest BCUT2D eigenvalue weighted by atomic mass is 35.5. The van der Waals surface area contributed by atoms with Crippen molar-refractivity contribution in [1.29, 1.82) is 0 Å². The number of hydrazone groups is 1. The standard InChI is InChI=1S/C21H21ClN4O2S/c1-23-11-12-28-20(27)16-8-4-3-7-15(16)13-24-26(2)21-25-19(14-29-21)17-9-5-6-10-18(17)22/h3-10,13-14,23H,11-12H2,1-2H3/b24-13+. The van der Waals surface area contributed by atoms with E-state index in [1.807, 2.05) is 41.8 Å². The summed E-state index contributed by atoms with van der Waals surface area (Å²) in [6.07, 6.45) is 1.63. The molecule has 0 saturated heterocycles. The Hall–Kier alpha value is -2.74. The van der Waals surface area contributed by atoms with Crippen LogP contribution in [0.2, 0.25) is 5.02 Å². The number of benzene rings is 2. The molecule has 0 unspecified atom stereocenters. The van der Waals surface area contributed by atoms with Crippen LogP contribution in [0.3, 0.4) is 0 Å². The maximum absolute atomic E-state index is 12.3. The minimum Gasteiger partial charge on any atom is -0.461 e. The van der Waals surface area contributed by atoms with Crippen molar-refractivity contribution < 1.29 is 9.53 Å². The Bertz CT molecular complexity index is 1010. The van der Waals surface area contributed by atoms with Gasteiger partial charge in [-0.05, 0) is 19.2 Å². The lowest BCUT2D eigenvalue weighted by atomic mass is 10.1. The van der Waals surface area contributed by atoms with E-state index in [9.17, 15) is 4.79 Å². The van der Waals surface area contributed by atoms with Gasteiger partial charge in [0.25, 0.3) is 0 Å². The van der Waals surface area contributed by atoms with E-state index in [0.29, 0.717) is 34.4 Å². The van der Waals surface area contributed by atoms with Crippen molar-refractivity contribution >= 4 is 40.3 Å². The maximum Gasteiger partial charge on any atom is 0.338 e. The van der Waals surface area contributed by atoms with Crippen molar-refractivity contribution in [1.82, 2.24) is 10.3 Å². The second-order valence-electron chi connectivity index (χ2n) is 6.09. The largest absolute Gasteiger partial charge is 0.461 e. The van der Waals surface area contributed by atoms with Crippen LogP contribution in [0, 0.1) is 0 Å². The molecule has 1 aromatic heterocycles. The first-order valence-electron chi connectivity index (χ1n) is 8.99. The van der Waals surface area contributed by atoms with Crippen molar-refractivity contribution in [3.63, 3.8) is 0 Å². The Morgan fingerprint density at radius 1 is 1.28 bits per heavy atom. The van der Waals surface area contributed by atoms with Gasteiger partial charge in [-0.1, -0.05) is 48.0 Å². The van der Waals surface area contributed by atoms with Gasteiger partial charge >= 0.3 is 5.97 Å². The fourth-order valence-corrected chi connectivity index (χ4v) is 3.50. The quantitative estimate of drug-likeness (QED) is 0.250. The van der Waals surface area contributed by atoms with E-state index in [4.69, 9.17) is 16.3 Å². The number of rotatable bonds is 8. The highest BCUT2D eigenvalue weighted by Gasteiger charge is 2.12. The first-order chi connectivity index (χ1) is 14.1. The van der Waals surface area contributed by atoms with E-state index in [2.05, 4.69) is 15.4 Å². The summed E-state index contributed by atoms with van der Waals surface area (Å²) in [7, 11) is 3.61. The molecule has 0 radical (unpaired) electrons. The van der Waals surface area contributed by atoms with Crippen molar-refractivity contribution in [2.45, 2.75) is 0 Å². The molecule has 3 aromatic rings. The van der Waals surface area contributed by atoms with E-state index >= 15 is 0 Å². The van der Waals surface area contributed by atoms with Gasteiger partial charge in [-0.3, -0.25) is 0 Å². The van der Waals surface area contributed by atoms with Crippen LogP contribution in [0.5, 0.6) is 0 Å². The van der Waals surface area contributed by atoms with Crippen molar-refractivity contribution in [2.75, 3.05) is 32.3 Å². The summed E-state index contributed by atoms with van der Waals surface area (Å²) in [5.41, 5.74) is 2.82. The average Bonchev–Trinajstić information content (AvgIpc) is 3.23. The van der Waals surface area contributed by atoms with Gasteiger partial charge in [0, 0.05) is 35.1 Å². The number of esters is 1. The molecular weight excluding hydrogens is 408 g/mol. The SMILES string of the molecule is CNCCOC(=O)c1ccccc1/C=N/N(C)c1nc(-c2ccccc2Cl)cs1. The van der Waals surface area contributed by atoms with Crippen LogP contribution < -0.4 is 10.3 Å². The molecule has 1 N–H and O–H groups in total. The first kappa shape index (κ1) is 21.0. The first-order valence-corrected chi connectivity index (χ1v) is 10.2. The van der Waals surface area contributed by atoms with Gasteiger partial charge < -0.3 is 10.1 Å². The third-order valence-electron chi connectivity index (χ3n) is 4.05. The topological polar surface area (TPSA) is 66.8 Å². The highest BCUT2D eigenvalue weighted by Crippen LogP contribution is 2.31. The van der Waals surface area contributed by atoms with Gasteiger partial charge in [-0.25, -0.2) is 14.8 Å². The predicted octanol–water partition coefficient (Wildman–Crippen LogP) is 4.31. The molecule has 0 aliphatic rings. The molecule has 29 heavy (non-hydrogen) atoms. The number of hydrogen-bond donors (Lipinski definition) is 1. The van der Waals surface area contributed by atoms with E-state index in [1.165, 1.54) is 11.3 Å². The Balaban J connectivity index is 1.74. The van der Waals surface area contributed by atoms with Gasteiger partial charge in [-0.15, -0.1) is 11.3 Å². The van der Waals surface area contributed by atoms with Gasteiger partial charge in [0.15, 0.2) is 0 Å². The van der Waals surface area contributed by atoms with Gasteiger partial charge in [0.2, 0.25) is 5.13 Å². The van der Waals surface area contributed by atoms with Crippen LogP contribution in [0.1, 0.15) is 15.9 Å². The summed E-state index contributed by atoms with van der Waals surface area (Å²) in [6, 6.07) is 14.8. The monoisotopic (exact) mass is 428 g/mol. The van der Waals surface area contributed by atoms with Crippen LogP contribution in [0.4, 0.5) is 5.13 Å². The number of halogens is 1. The Kier molecular flexibility index (Phi) is 7.35. The van der Waals surface area contributed by atoms with Crippen LogP contribution in [-0.4, -0.2) is 44.4 Å². The molecule has 0 fully saturated rings.